The fourth-order valence-corrected chi connectivity index (χ4v) is 3.50. The zero-order valence-corrected chi connectivity index (χ0v) is 10.8. The van der Waals surface area contributed by atoms with Crippen molar-refractivity contribution >= 4 is 9.84 Å². The Hall–Kier alpha value is -1.21. The maximum absolute atomic E-state index is 12.6. The van der Waals surface area contributed by atoms with Gasteiger partial charge in [0.15, 0.2) is 9.84 Å². The summed E-state index contributed by atoms with van der Waals surface area (Å²) in [5, 5.41) is 2.51. The van der Waals surface area contributed by atoms with Crippen LogP contribution in [0.2, 0.25) is 0 Å². The first kappa shape index (κ1) is 13.2. The molecule has 1 aliphatic rings. The maximum Gasteiger partial charge on any atom is 0.213 e. The smallest absolute Gasteiger partial charge is 0.213 e. The van der Waals surface area contributed by atoms with E-state index in [1.54, 1.807) is 0 Å². The molecule has 18 heavy (non-hydrogen) atoms. The van der Waals surface area contributed by atoms with Gasteiger partial charge in [-0.3, -0.25) is 0 Å². The lowest BCUT2D eigenvalue weighted by Gasteiger charge is -2.27. The van der Waals surface area contributed by atoms with E-state index in [4.69, 9.17) is 4.74 Å². The number of nitrogens with zero attached hydrogens (tertiary/aromatic N) is 1. The van der Waals surface area contributed by atoms with Crippen molar-refractivity contribution in [3.8, 4) is 5.88 Å². The van der Waals surface area contributed by atoms with Gasteiger partial charge in [0.25, 0.3) is 0 Å². The highest BCUT2D eigenvalue weighted by atomic mass is 32.2. The molecule has 1 aromatic rings. The van der Waals surface area contributed by atoms with Crippen molar-refractivity contribution in [2.75, 3.05) is 18.9 Å². The van der Waals surface area contributed by atoms with Crippen LogP contribution in [-0.4, -0.2) is 43.6 Å². The van der Waals surface area contributed by atoms with Gasteiger partial charge in [-0.15, -0.1) is 0 Å². The molecule has 2 rings (SSSR count). The minimum atomic E-state index is -3.14. The van der Waals surface area contributed by atoms with E-state index in [-0.39, 0.29) is 24.3 Å². The highest BCUT2D eigenvalue weighted by Gasteiger charge is 2.32. The Bertz CT molecular complexity index is 504. The third kappa shape index (κ3) is 3.17. The molecular weight excluding hydrogens is 259 g/mol. The van der Waals surface area contributed by atoms with Crippen molar-refractivity contribution in [1.29, 1.82) is 0 Å². The van der Waals surface area contributed by atoms with Crippen molar-refractivity contribution < 1.29 is 17.5 Å². The second kappa shape index (κ2) is 5.19. The Morgan fingerprint density at radius 1 is 1.56 bits per heavy atom. The zero-order valence-electron chi connectivity index (χ0n) is 9.97. The van der Waals surface area contributed by atoms with E-state index in [0.717, 1.165) is 6.20 Å². The van der Waals surface area contributed by atoms with Gasteiger partial charge in [-0.25, -0.2) is 17.8 Å². The predicted molar refractivity (Wildman–Crippen MR) is 64.7 cm³/mol. The van der Waals surface area contributed by atoms with Gasteiger partial charge in [-0.05, 0) is 13.0 Å². The SMILES string of the molecule is C[C@@H]1CS(=O)(=O)[C@@H](COc2ccc(F)cn2)CN1. The number of hydrogen-bond acceptors (Lipinski definition) is 5. The van der Waals surface area contributed by atoms with E-state index in [9.17, 15) is 12.8 Å². The van der Waals surface area contributed by atoms with Crippen LogP contribution in [0, 0.1) is 5.82 Å². The fourth-order valence-electron chi connectivity index (χ4n) is 1.79. The number of hydrogen-bond donors (Lipinski definition) is 1. The topological polar surface area (TPSA) is 68.3 Å². The summed E-state index contributed by atoms with van der Waals surface area (Å²) in [4.78, 5) is 3.71. The number of sulfone groups is 1. The molecule has 2 atom stereocenters. The molecule has 5 nitrogen and oxygen atoms in total. The average molecular weight is 274 g/mol. The first-order valence-electron chi connectivity index (χ1n) is 5.66. The van der Waals surface area contributed by atoms with Gasteiger partial charge in [0.2, 0.25) is 5.88 Å². The lowest BCUT2D eigenvalue weighted by atomic mass is 10.3. The van der Waals surface area contributed by atoms with Crippen molar-refractivity contribution in [3.63, 3.8) is 0 Å². The second-order valence-corrected chi connectivity index (χ2v) is 6.71. The molecule has 0 unspecified atom stereocenters. The number of pyridine rings is 1. The minimum absolute atomic E-state index is 0.0285. The largest absolute Gasteiger partial charge is 0.476 e. The lowest BCUT2D eigenvalue weighted by molar-refractivity contribution is 0.291. The molecule has 1 saturated heterocycles. The minimum Gasteiger partial charge on any atom is -0.476 e. The van der Waals surface area contributed by atoms with Crippen LogP contribution < -0.4 is 10.1 Å². The Kier molecular flexibility index (Phi) is 3.82. The molecule has 0 saturated carbocycles. The van der Waals surface area contributed by atoms with Crippen LogP contribution in [0.15, 0.2) is 18.3 Å². The monoisotopic (exact) mass is 274 g/mol. The Balaban J connectivity index is 1.96. The summed E-state index contributed by atoms with van der Waals surface area (Å²) in [6, 6.07) is 2.56. The van der Waals surface area contributed by atoms with E-state index in [1.807, 2.05) is 6.92 Å². The van der Waals surface area contributed by atoms with E-state index in [0.29, 0.717) is 6.54 Å². The molecule has 1 N–H and O–H groups in total. The number of nitrogens with one attached hydrogen (secondary N) is 1. The molecule has 1 aliphatic heterocycles. The molecule has 0 bridgehead atoms. The zero-order chi connectivity index (χ0) is 13.2. The number of aromatic nitrogens is 1. The highest BCUT2D eigenvalue weighted by Crippen LogP contribution is 2.13. The molecule has 0 aromatic carbocycles. The average Bonchev–Trinajstić information content (AvgIpc) is 2.29. The Labute approximate surface area is 105 Å². The van der Waals surface area contributed by atoms with Crippen LogP contribution in [-0.2, 0) is 9.84 Å². The molecule has 0 amide bonds. The van der Waals surface area contributed by atoms with Crippen molar-refractivity contribution in [3.05, 3.63) is 24.1 Å². The normalized spacial score (nSPS) is 26.8. The fraction of sp³-hybridized carbons (Fsp3) is 0.545. The van der Waals surface area contributed by atoms with Gasteiger partial charge >= 0.3 is 0 Å². The molecular formula is C11H15FN2O3S. The van der Waals surface area contributed by atoms with Gasteiger partial charge < -0.3 is 10.1 Å². The van der Waals surface area contributed by atoms with Crippen molar-refractivity contribution in [1.82, 2.24) is 10.3 Å². The van der Waals surface area contributed by atoms with Gasteiger partial charge in [0.1, 0.15) is 17.7 Å². The first-order chi connectivity index (χ1) is 8.47. The van der Waals surface area contributed by atoms with Gasteiger partial charge in [-0.1, -0.05) is 0 Å². The van der Waals surface area contributed by atoms with Crippen molar-refractivity contribution in [2.45, 2.75) is 18.2 Å². The molecule has 7 heteroatoms. The van der Waals surface area contributed by atoms with Crippen molar-refractivity contribution in [2.24, 2.45) is 0 Å². The first-order valence-corrected chi connectivity index (χ1v) is 7.38. The molecule has 0 aliphatic carbocycles. The van der Waals surface area contributed by atoms with Crippen LogP contribution in [0.3, 0.4) is 0 Å². The summed E-state index contributed by atoms with van der Waals surface area (Å²) in [6.07, 6.45) is 1.03. The van der Waals surface area contributed by atoms with Crippen LogP contribution in [0.5, 0.6) is 5.88 Å². The van der Waals surface area contributed by atoms with Crippen LogP contribution in [0.25, 0.3) is 0 Å². The van der Waals surface area contributed by atoms with E-state index >= 15 is 0 Å². The highest BCUT2D eigenvalue weighted by molar-refractivity contribution is 7.92. The molecule has 0 spiro atoms. The van der Waals surface area contributed by atoms with Gasteiger partial charge in [-0.2, -0.15) is 0 Å². The Morgan fingerprint density at radius 3 is 2.94 bits per heavy atom. The van der Waals surface area contributed by atoms with E-state index < -0.39 is 20.9 Å². The lowest BCUT2D eigenvalue weighted by Crippen LogP contribution is -2.51. The van der Waals surface area contributed by atoms with Gasteiger partial charge in [0, 0.05) is 18.7 Å². The molecule has 1 aromatic heterocycles. The van der Waals surface area contributed by atoms with E-state index in [2.05, 4.69) is 10.3 Å². The van der Waals surface area contributed by atoms with Crippen LogP contribution >= 0.6 is 0 Å². The summed E-state index contributed by atoms with van der Waals surface area (Å²) >= 11 is 0. The standard InChI is InChI=1S/C11H15FN2O3S/c1-8-7-18(15,16)10(5-13-8)6-17-11-3-2-9(12)4-14-11/h2-4,8,10,13H,5-7H2,1H3/t8-,10-/m1/s1. The summed E-state index contributed by atoms with van der Waals surface area (Å²) in [6.45, 7) is 2.22. The third-order valence-corrected chi connectivity index (χ3v) is 5.08. The van der Waals surface area contributed by atoms with Crippen LogP contribution in [0.4, 0.5) is 4.39 Å². The summed E-state index contributed by atoms with van der Waals surface area (Å²) in [5.41, 5.74) is 0. The van der Waals surface area contributed by atoms with Gasteiger partial charge in [0.05, 0.1) is 11.9 Å². The molecule has 100 valence electrons. The second-order valence-electron chi connectivity index (χ2n) is 4.39. The number of halogens is 1. The Morgan fingerprint density at radius 2 is 2.33 bits per heavy atom. The van der Waals surface area contributed by atoms with Crippen LogP contribution in [0.1, 0.15) is 6.92 Å². The predicted octanol–water partition coefficient (Wildman–Crippen LogP) is 0.375. The maximum atomic E-state index is 12.6. The molecule has 2 heterocycles. The third-order valence-electron chi connectivity index (χ3n) is 2.80. The summed E-state index contributed by atoms with van der Waals surface area (Å²) < 4.78 is 41.6. The van der Waals surface area contributed by atoms with E-state index in [1.165, 1.54) is 12.1 Å². The summed E-state index contributed by atoms with van der Waals surface area (Å²) in [5.74, 6) is -0.119. The number of rotatable bonds is 3. The molecule has 0 radical (unpaired) electrons. The number of ether oxygens (including phenoxy) is 1. The molecule has 1 fully saturated rings. The summed E-state index contributed by atoms with van der Waals surface area (Å²) in [7, 11) is -3.14. The quantitative estimate of drug-likeness (QED) is 0.862.